The van der Waals surface area contributed by atoms with Crippen LogP contribution in [-0.2, 0) is 0 Å². The molecule has 0 spiro atoms. The fourth-order valence-corrected chi connectivity index (χ4v) is 3.74. The van der Waals surface area contributed by atoms with Crippen LogP contribution in [0.25, 0.3) is 0 Å². The Labute approximate surface area is 123 Å². The van der Waals surface area contributed by atoms with Crippen molar-refractivity contribution in [2.75, 3.05) is 5.75 Å². The SMILES string of the molecule is CC1=C(CC#N)C=CCC1C1=Nc2ccccc2SC1. The van der Waals surface area contributed by atoms with Crippen LogP contribution in [0.15, 0.2) is 57.5 Å². The zero-order chi connectivity index (χ0) is 13.9. The summed E-state index contributed by atoms with van der Waals surface area (Å²) in [7, 11) is 0. The molecule has 0 bridgehead atoms. The van der Waals surface area contributed by atoms with Gasteiger partial charge in [-0.3, -0.25) is 4.99 Å². The molecule has 0 fully saturated rings. The van der Waals surface area contributed by atoms with Crippen LogP contribution in [0.2, 0.25) is 0 Å². The number of thioether (sulfide) groups is 1. The molecule has 2 aliphatic rings. The average Bonchev–Trinajstić information content (AvgIpc) is 2.49. The molecular formula is C17H16N2S. The molecule has 0 saturated carbocycles. The number of benzene rings is 1. The van der Waals surface area contributed by atoms with Crippen LogP contribution in [0.4, 0.5) is 5.69 Å². The smallest absolute Gasteiger partial charge is 0.0765 e. The van der Waals surface area contributed by atoms with Gasteiger partial charge in [-0.1, -0.05) is 29.9 Å². The van der Waals surface area contributed by atoms with E-state index in [-0.39, 0.29) is 0 Å². The predicted octanol–water partition coefficient (Wildman–Crippen LogP) is 4.67. The molecule has 0 saturated heterocycles. The minimum absolute atomic E-state index is 0.365. The van der Waals surface area contributed by atoms with E-state index in [1.807, 2.05) is 17.8 Å². The standard InChI is InChI=1S/C17H16N2S/c1-12-13(9-10-18)5-4-6-14(12)16-11-20-17-8-3-2-7-15(17)19-16/h2-5,7-8,14H,6,9,11H2,1H3. The predicted molar refractivity (Wildman–Crippen MR) is 84.4 cm³/mol. The second-order valence-corrected chi connectivity index (χ2v) is 6.11. The number of fused-ring (bicyclic) bond motifs is 1. The molecule has 3 heteroatoms. The van der Waals surface area contributed by atoms with E-state index in [2.05, 4.69) is 43.3 Å². The lowest BCUT2D eigenvalue weighted by Gasteiger charge is -2.26. The molecule has 2 nitrogen and oxygen atoms in total. The van der Waals surface area contributed by atoms with Crippen molar-refractivity contribution >= 4 is 23.2 Å². The molecule has 0 N–H and O–H groups in total. The molecule has 0 aromatic heterocycles. The van der Waals surface area contributed by atoms with E-state index in [9.17, 15) is 0 Å². The topological polar surface area (TPSA) is 36.1 Å². The van der Waals surface area contributed by atoms with Crippen molar-refractivity contribution in [3.8, 4) is 6.07 Å². The molecule has 1 heterocycles. The molecule has 3 rings (SSSR count). The number of allylic oxidation sites excluding steroid dienone is 4. The van der Waals surface area contributed by atoms with Gasteiger partial charge in [-0.2, -0.15) is 5.26 Å². The van der Waals surface area contributed by atoms with E-state index in [4.69, 9.17) is 10.3 Å². The highest BCUT2D eigenvalue weighted by molar-refractivity contribution is 8.00. The lowest BCUT2D eigenvalue weighted by Crippen LogP contribution is -2.21. The van der Waals surface area contributed by atoms with Gasteiger partial charge < -0.3 is 0 Å². The fraction of sp³-hybridized carbons (Fsp3) is 0.294. The average molecular weight is 280 g/mol. The Morgan fingerprint density at radius 2 is 2.25 bits per heavy atom. The van der Waals surface area contributed by atoms with Gasteiger partial charge in [0.15, 0.2) is 0 Å². The first-order valence-corrected chi connectivity index (χ1v) is 7.80. The summed E-state index contributed by atoms with van der Waals surface area (Å²) in [5.41, 5.74) is 4.80. The van der Waals surface area contributed by atoms with Crippen molar-refractivity contribution in [2.24, 2.45) is 10.9 Å². The maximum Gasteiger partial charge on any atom is 0.0765 e. The fourth-order valence-electron chi connectivity index (χ4n) is 2.74. The third-order valence-corrected chi connectivity index (χ3v) is 4.99. The van der Waals surface area contributed by atoms with Gasteiger partial charge >= 0.3 is 0 Å². The molecule has 1 aromatic carbocycles. The Morgan fingerprint density at radius 3 is 3.10 bits per heavy atom. The van der Waals surface area contributed by atoms with Crippen LogP contribution in [0, 0.1) is 17.2 Å². The maximum atomic E-state index is 8.91. The van der Waals surface area contributed by atoms with Crippen molar-refractivity contribution < 1.29 is 0 Å². The summed E-state index contributed by atoms with van der Waals surface area (Å²) in [6.07, 6.45) is 5.77. The number of nitrogens with zero attached hydrogens (tertiary/aromatic N) is 2. The van der Waals surface area contributed by atoms with Crippen LogP contribution in [0.3, 0.4) is 0 Å². The largest absolute Gasteiger partial charge is 0.255 e. The summed E-state index contributed by atoms with van der Waals surface area (Å²) >= 11 is 1.86. The number of hydrogen-bond acceptors (Lipinski definition) is 3. The lowest BCUT2D eigenvalue weighted by atomic mass is 9.84. The quantitative estimate of drug-likeness (QED) is 0.789. The minimum Gasteiger partial charge on any atom is -0.255 e. The summed E-state index contributed by atoms with van der Waals surface area (Å²) < 4.78 is 0. The van der Waals surface area contributed by atoms with Gasteiger partial charge in [0, 0.05) is 22.3 Å². The van der Waals surface area contributed by atoms with E-state index < -0.39 is 0 Å². The Balaban J connectivity index is 1.93. The summed E-state index contributed by atoms with van der Waals surface area (Å²) in [6.45, 7) is 2.15. The number of aliphatic imine (C=N–C) groups is 1. The van der Waals surface area contributed by atoms with Gasteiger partial charge in [-0.05, 0) is 31.1 Å². The highest BCUT2D eigenvalue weighted by Crippen LogP contribution is 2.38. The zero-order valence-electron chi connectivity index (χ0n) is 11.5. The Kier molecular flexibility index (Phi) is 3.75. The summed E-state index contributed by atoms with van der Waals surface area (Å²) in [4.78, 5) is 6.12. The van der Waals surface area contributed by atoms with Crippen LogP contribution in [0.1, 0.15) is 19.8 Å². The second-order valence-electron chi connectivity index (χ2n) is 5.09. The Bertz CT molecular complexity index is 662. The first-order chi connectivity index (χ1) is 9.79. The molecule has 100 valence electrons. The van der Waals surface area contributed by atoms with Crippen molar-refractivity contribution in [2.45, 2.75) is 24.7 Å². The molecule has 1 atom stereocenters. The van der Waals surface area contributed by atoms with E-state index >= 15 is 0 Å². The molecule has 1 aliphatic heterocycles. The number of nitriles is 1. The minimum atomic E-state index is 0.365. The van der Waals surface area contributed by atoms with Crippen molar-refractivity contribution in [1.82, 2.24) is 0 Å². The van der Waals surface area contributed by atoms with E-state index in [0.29, 0.717) is 12.3 Å². The van der Waals surface area contributed by atoms with E-state index in [1.165, 1.54) is 16.2 Å². The Hall–Kier alpha value is -1.79. The van der Waals surface area contributed by atoms with Crippen molar-refractivity contribution in [3.05, 3.63) is 47.6 Å². The number of rotatable bonds is 2. The third kappa shape index (κ3) is 2.44. The zero-order valence-corrected chi connectivity index (χ0v) is 12.3. The van der Waals surface area contributed by atoms with Crippen LogP contribution in [0.5, 0.6) is 0 Å². The Morgan fingerprint density at radius 1 is 1.40 bits per heavy atom. The second kappa shape index (κ2) is 5.68. The van der Waals surface area contributed by atoms with Gasteiger partial charge in [-0.25, -0.2) is 0 Å². The summed E-state index contributed by atoms with van der Waals surface area (Å²) in [6, 6.07) is 10.6. The van der Waals surface area contributed by atoms with Crippen LogP contribution < -0.4 is 0 Å². The molecule has 20 heavy (non-hydrogen) atoms. The monoisotopic (exact) mass is 280 g/mol. The highest BCUT2D eigenvalue weighted by Gasteiger charge is 2.24. The van der Waals surface area contributed by atoms with Gasteiger partial charge in [0.2, 0.25) is 0 Å². The first-order valence-electron chi connectivity index (χ1n) is 6.82. The maximum absolute atomic E-state index is 8.91. The molecule has 1 aliphatic carbocycles. The van der Waals surface area contributed by atoms with Crippen LogP contribution in [-0.4, -0.2) is 11.5 Å². The van der Waals surface area contributed by atoms with Gasteiger partial charge in [0.25, 0.3) is 0 Å². The molecule has 0 amide bonds. The van der Waals surface area contributed by atoms with Crippen molar-refractivity contribution in [1.29, 1.82) is 5.26 Å². The first kappa shape index (κ1) is 13.2. The number of para-hydroxylation sites is 1. The highest BCUT2D eigenvalue weighted by atomic mass is 32.2. The van der Waals surface area contributed by atoms with Crippen molar-refractivity contribution in [3.63, 3.8) is 0 Å². The third-order valence-electron chi connectivity index (χ3n) is 3.90. The molecular weight excluding hydrogens is 264 g/mol. The van der Waals surface area contributed by atoms with E-state index in [0.717, 1.165) is 23.4 Å². The van der Waals surface area contributed by atoms with E-state index in [1.54, 1.807) is 0 Å². The number of hydrogen-bond donors (Lipinski definition) is 0. The normalized spacial score (nSPS) is 21.2. The van der Waals surface area contributed by atoms with Gasteiger partial charge in [-0.15, -0.1) is 11.8 Å². The molecule has 0 radical (unpaired) electrons. The lowest BCUT2D eigenvalue weighted by molar-refractivity contribution is 0.785. The van der Waals surface area contributed by atoms with Gasteiger partial charge in [0.05, 0.1) is 18.2 Å². The summed E-state index contributed by atoms with van der Waals surface area (Å²) in [5.74, 6) is 1.32. The summed E-state index contributed by atoms with van der Waals surface area (Å²) in [5, 5.41) is 8.91. The van der Waals surface area contributed by atoms with Gasteiger partial charge in [0.1, 0.15) is 0 Å². The molecule has 1 aromatic rings. The molecule has 1 unspecified atom stereocenters. The van der Waals surface area contributed by atoms with Crippen LogP contribution >= 0.6 is 11.8 Å².